The Morgan fingerprint density at radius 3 is 1.65 bits per heavy atom. The van der Waals surface area contributed by atoms with Gasteiger partial charge in [-0.3, -0.25) is 0 Å². The summed E-state index contributed by atoms with van der Waals surface area (Å²) >= 11 is 1.51. The SMILES string of the molecule is C[C-]1C2=C3Cc4ccccc4C3=C3C=CCCC3C2(C)C(C)(C)C(C)(C)C1(C)C.[Cl-].[Cl-].[Zr+2]=[C](c1ccc(C2CCCCC2)cc1)c1ccc(C2CCCCC2)cc1.c1cc[cH-]c1. The molecule has 0 heterocycles. The molecule has 3 fully saturated rings. The van der Waals surface area contributed by atoms with E-state index < -0.39 is 0 Å². The van der Waals surface area contributed by atoms with Crippen LogP contribution in [0.4, 0.5) is 0 Å². The second kappa shape index (κ2) is 19.9. The summed E-state index contributed by atoms with van der Waals surface area (Å²) < 4.78 is 1.49. The van der Waals surface area contributed by atoms with E-state index in [-0.39, 0.29) is 46.5 Å². The van der Waals surface area contributed by atoms with Crippen LogP contribution in [0.25, 0.3) is 5.57 Å². The molecule has 62 heavy (non-hydrogen) atoms. The fraction of sp³-hybridized carbons (Fsp3) is 0.475. The van der Waals surface area contributed by atoms with Gasteiger partial charge in [-0.15, -0.1) is 6.92 Å². The average Bonchev–Trinajstić information content (AvgIpc) is 4.00. The maximum atomic E-state index is 2.62. The van der Waals surface area contributed by atoms with Gasteiger partial charge >= 0.3 is 174 Å². The van der Waals surface area contributed by atoms with Crippen molar-refractivity contribution in [2.45, 2.75) is 151 Å². The molecule has 6 aliphatic rings. The van der Waals surface area contributed by atoms with Gasteiger partial charge in [0.25, 0.3) is 0 Å². The van der Waals surface area contributed by atoms with Gasteiger partial charge in [0.1, 0.15) is 0 Å². The Morgan fingerprint density at radius 2 is 1.15 bits per heavy atom. The molecule has 0 radical (unpaired) electrons. The third-order valence-electron chi connectivity index (χ3n) is 17.9. The summed E-state index contributed by atoms with van der Waals surface area (Å²) in [5.74, 6) is 3.85. The number of rotatable bonds is 4. The van der Waals surface area contributed by atoms with E-state index in [4.69, 9.17) is 0 Å². The van der Waals surface area contributed by atoms with Crippen LogP contribution in [0.5, 0.6) is 0 Å². The molecule has 4 aromatic carbocycles. The minimum atomic E-state index is 0. The zero-order chi connectivity index (χ0) is 42.3. The quantitative estimate of drug-likeness (QED) is 0.179. The van der Waals surface area contributed by atoms with E-state index >= 15 is 0 Å². The van der Waals surface area contributed by atoms with Crippen LogP contribution < -0.4 is 24.8 Å². The zero-order valence-electron chi connectivity index (χ0n) is 39.2. The van der Waals surface area contributed by atoms with E-state index in [1.807, 2.05) is 30.3 Å². The Bertz CT molecular complexity index is 2130. The fourth-order valence-electron chi connectivity index (χ4n) is 12.8. The van der Waals surface area contributed by atoms with Crippen LogP contribution in [0.15, 0.2) is 132 Å². The van der Waals surface area contributed by atoms with Crippen molar-refractivity contribution in [3.8, 4) is 0 Å². The van der Waals surface area contributed by atoms with Crippen molar-refractivity contribution >= 4 is 8.78 Å². The minimum Gasteiger partial charge on any atom is -0.214 e. The van der Waals surface area contributed by atoms with Gasteiger partial charge in [0.05, 0.1) is 0 Å². The van der Waals surface area contributed by atoms with Gasteiger partial charge in [-0.1, -0.05) is 113 Å². The molecule has 3 heteroatoms. The Morgan fingerprint density at radius 1 is 0.629 bits per heavy atom. The molecule has 3 saturated carbocycles. The molecule has 6 aliphatic carbocycles. The number of hydrogen-bond donors (Lipinski definition) is 0. The molecule has 0 N–H and O–H groups in total. The van der Waals surface area contributed by atoms with Crippen molar-refractivity contribution in [3.63, 3.8) is 0 Å². The summed E-state index contributed by atoms with van der Waals surface area (Å²) in [6.45, 7) is 20.3. The number of hydrogen-bond acceptors (Lipinski definition) is 0. The smallest absolute Gasteiger partial charge is 0.172 e. The number of benzene rings is 3. The molecule has 0 aromatic heterocycles. The first-order valence-corrected chi connectivity index (χ1v) is 25.0. The Kier molecular flexibility index (Phi) is 15.7. The van der Waals surface area contributed by atoms with Crippen LogP contribution in [-0.4, -0.2) is 3.21 Å². The molecular formula is C59H72Cl2Zr-2. The summed E-state index contributed by atoms with van der Waals surface area (Å²) in [6, 6.07) is 38.2. The summed E-state index contributed by atoms with van der Waals surface area (Å²) in [7, 11) is 0. The summed E-state index contributed by atoms with van der Waals surface area (Å²) in [5.41, 5.74) is 16.2. The van der Waals surface area contributed by atoms with Crippen molar-refractivity contribution in [2.75, 3.05) is 0 Å². The van der Waals surface area contributed by atoms with Crippen molar-refractivity contribution in [1.82, 2.24) is 0 Å². The maximum Gasteiger partial charge on any atom is -0.172 e. The third-order valence-corrected chi connectivity index (χ3v) is 19.3. The van der Waals surface area contributed by atoms with Gasteiger partial charge in [0, 0.05) is 0 Å². The Hall–Kier alpha value is -2.57. The standard InChI is InChI=1S/C29H37.C25H30.C5H5.2ClH.Zr/c1-18-25-22-17-19-13-9-10-14-20(19)24(22)21-15-11-12-16-23(21)29(25,8)28(6,7)27(4,5)26(18,2)3;1-3-7-22(8-4-1)24-15-11-20(12-16-24)19-21-13-17-25(18-14-21)23-9-5-2-6-10-23;1-2-4-5-3-1;;;/h9-11,13-15,23H,12,16-17H2,1-8H3;11-18,22-23H,1-10H2;1-5H;2*1H;/q-1;;-1;;;+2/p-2. The van der Waals surface area contributed by atoms with E-state index in [0.29, 0.717) is 5.92 Å². The molecule has 0 bridgehead atoms. The van der Waals surface area contributed by atoms with Crippen molar-refractivity contribution in [1.29, 1.82) is 0 Å². The molecule has 0 nitrogen and oxygen atoms in total. The van der Waals surface area contributed by atoms with Crippen LogP contribution >= 0.6 is 0 Å². The monoisotopic (exact) mass is 940 g/mol. The van der Waals surface area contributed by atoms with Gasteiger partial charge in [-0.2, -0.15) is 29.3 Å². The second-order valence-electron chi connectivity index (χ2n) is 21.0. The molecule has 2 unspecified atom stereocenters. The normalized spacial score (nSPS) is 24.4. The first kappa shape index (κ1) is 48.9. The molecule has 4 aromatic rings. The largest absolute Gasteiger partial charge is 0.214 e. The number of halogens is 2. The van der Waals surface area contributed by atoms with Crippen molar-refractivity contribution in [2.24, 2.45) is 27.6 Å². The predicted octanol–water partition coefficient (Wildman–Crippen LogP) is 10.3. The van der Waals surface area contributed by atoms with Gasteiger partial charge in [-0.25, -0.2) is 18.1 Å². The summed E-state index contributed by atoms with van der Waals surface area (Å²) in [6.07, 6.45) is 22.6. The molecule has 0 aliphatic heterocycles. The number of allylic oxidation sites excluding steroid dienone is 6. The molecule has 2 atom stereocenters. The third kappa shape index (κ3) is 8.65. The Balaban J connectivity index is 0.000000181. The van der Waals surface area contributed by atoms with Crippen LogP contribution in [0.2, 0.25) is 0 Å². The number of fused-ring (bicyclic) bond motifs is 6. The van der Waals surface area contributed by atoms with E-state index in [1.54, 1.807) is 39.3 Å². The first-order valence-electron chi connectivity index (χ1n) is 23.8. The maximum absolute atomic E-state index is 2.62. The molecule has 10 rings (SSSR count). The molecule has 0 spiro atoms. The zero-order valence-corrected chi connectivity index (χ0v) is 43.1. The van der Waals surface area contributed by atoms with E-state index in [9.17, 15) is 0 Å². The van der Waals surface area contributed by atoms with Crippen LogP contribution in [-0.2, 0) is 30.7 Å². The van der Waals surface area contributed by atoms with Gasteiger partial charge in [0.15, 0.2) is 0 Å². The van der Waals surface area contributed by atoms with E-state index in [0.717, 1.165) is 18.3 Å². The summed E-state index contributed by atoms with van der Waals surface area (Å²) in [4.78, 5) is 0. The average molecular weight is 943 g/mol. The second-order valence-corrected chi connectivity index (χ2v) is 22.2. The molecule has 0 saturated heterocycles. The van der Waals surface area contributed by atoms with E-state index in [2.05, 4.69) is 140 Å². The first-order chi connectivity index (χ1) is 28.8. The Labute approximate surface area is 404 Å². The molecular weight excluding hydrogens is 871 g/mol. The van der Waals surface area contributed by atoms with E-state index in [1.165, 1.54) is 127 Å². The van der Waals surface area contributed by atoms with Gasteiger partial charge in [-0.05, 0) is 40.6 Å². The van der Waals surface area contributed by atoms with Crippen LogP contribution in [0, 0.1) is 33.5 Å². The van der Waals surface area contributed by atoms with Crippen molar-refractivity contribution < 1.29 is 49.0 Å². The van der Waals surface area contributed by atoms with Crippen LogP contribution in [0.1, 0.15) is 178 Å². The molecule has 0 amide bonds. The fourth-order valence-corrected chi connectivity index (χ4v) is 13.6. The van der Waals surface area contributed by atoms with Gasteiger partial charge < -0.3 is 24.8 Å². The topological polar surface area (TPSA) is 0 Å². The van der Waals surface area contributed by atoms with Gasteiger partial charge in [0.2, 0.25) is 0 Å². The molecule has 328 valence electrons. The predicted molar refractivity (Wildman–Crippen MR) is 254 cm³/mol. The minimum absolute atomic E-state index is 0. The van der Waals surface area contributed by atoms with Crippen LogP contribution in [0.3, 0.4) is 0 Å². The summed E-state index contributed by atoms with van der Waals surface area (Å²) in [5, 5.41) is 0. The van der Waals surface area contributed by atoms with Crippen molar-refractivity contribution in [3.05, 3.63) is 171 Å².